The van der Waals surface area contributed by atoms with Crippen molar-refractivity contribution in [1.82, 2.24) is 15.1 Å². The molecule has 2 N–H and O–H groups in total. The number of fused-ring (bicyclic) bond motifs is 1. The Balaban J connectivity index is 1.44. The van der Waals surface area contributed by atoms with E-state index in [1.807, 2.05) is 18.2 Å². The van der Waals surface area contributed by atoms with Gasteiger partial charge in [0.15, 0.2) is 17.3 Å². The molecule has 1 aromatic heterocycles. The van der Waals surface area contributed by atoms with Crippen molar-refractivity contribution in [1.29, 1.82) is 0 Å². The molecule has 1 saturated heterocycles. The number of carbonyl (C=O) groups excluding carboxylic acids is 1. The van der Waals surface area contributed by atoms with E-state index in [1.54, 1.807) is 17.0 Å². The summed E-state index contributed by atoms with van der Waals surface area (Å²) in [6.07, 6.45) is 1.88. The molecular formula is C21H20F2N4O. The number of nitrogens with two attached hydrogens (primary N) is 1. The molecule has 0 saturated carbocycles. The maximum Gasteiger partial charge on any atom is 0.276 e. The summed E-state index contributed by atoms with van der Waals surface area (Å²) in [4.78, 5) is 14.6. The van der Waals surface area contributed by atoms with Crippen molar-refractivity contribution in [3.63, 3.8) is 0 Å². The van der Waals surface area contributed by atoms with Gasteiger partial charge in [0.1, 0.15) is 0 Å². The topological polar surface area (TPSA) is 72.1 Å². The largest absolute Gasteiger partial charge is 0.396 e. The van der Waals surface area contributed by atoms with Crippen LogP contribution in [0.15, 0.2) is 42.5 Å². The van der Waals surface area contributed by atoms with Gasteiger partial charge in [-0.15, -0.1) is 10.2 Å². The smallest absolute Gasteiger partial charge is 0.276 e. The second-order valence-corrected chi connectivity index (χ2v) is 7.13. The minimum Gasteiger partial charge on any atom is -0.396 e. The summed E-state index contributed by atoms with van der Waals surface area (Å²) in [5.41, 5.74) is 7.68. The summed E-state index contributed by atoms with van der Waals surface area (Å²) in [5, 5.41) is 8.83. The number of hydrogen-bond donors (Lipinski definition) is 1. The zero-order valence-corrected chi connectivity index (χ0v) is 15.2. The molecule has 3 aromatic rings. The molecule has 1 fully saturated rings. The molecule has 0 atom stereocenters. The fourth-order valence-electron chi connectivity index (χ4n) is 3.74. The Morgan fingerprint density at radius 2 is 1.82 bits per heavy atom. The van der Waals surface area contributed by atoms with E-state index in [0.717, 1.165) is 6.07 Å². The lowest BCUT2D eigenvalue weighted by molar-refractivity contribution is 0.0684. The van der Waals surface area contributed by atoms with Gasteiger partial charge in [-0.25, -0.2) is 8.78 Å². The monoisotopic (exact) mass is 382 g/mol. The molecule has 0 radical (unpaired) electrons. The number of anilines is 1. The molecule has 7 heteroatoms. The van der Waals surface area contributed by atoms with Crippen molar-refractivity contribution in [3.8, 4) is 0 Å². The lowest BCUT2D eigenvalue weighted by Gasteiger charge is -2.32. The third-order valence-electron chi connectivity index (χ3n) is 5.35. The van der Waals surface area contributed by atoms with Gasteiger partial charge in [-0.05, 0) is 42.9 Å². The highest BCUT2D eigenvalue weighted by Gasteiger charge is 2.27. The first-order chi connectivity index (χ1) is 13.5. The SMILES string of the molecule is Nc1c(C(=O)N2CCC(Cc3cccc(F)c3F)CC2)nnc2ccccc12. The van der Waals surface area contributed by atoms with Gasteiger partial charge in [0, 0.05) is 18.5 Å². The highest BCUT2D eigenvalue weighted by atomic mass is 19.2. The van der Waals surface area contributed by atoms with Crippen molar-refractivity contribution in [3.05, 3.63) is 65.4 Å². The van der Waals surface area contributed by atoms with Crippen LogP contribution in [0.1, 0.15) is 28.9 Å². The second-order valence-electron chi connectivity index (χ2n) is 7.13. The highest BCUT2D eigenvalue weighted by molar-refractivity contribution is 6.04. The number of halogens is 2. The van der Waals surface area contributed by atoms with Gasteiger partial charge in [0.2, 0.25) is 0 Å². The molecule has 2 heterocycles. The molecule has 4 rings (SSSR count). The lowest BCUT2D eigenvalue weighted by atomic mass is 9.89. The van der Waals surface area contributed by atoms with Crippen molar-refractivity contribution in [2.45, 2.75) is 19.3 Å². The Kier molecular flexibility index (Phi) is 4.90. The summed E-state index contributed by atoms with van der Waals surface area (Å²) in [6, 6.07) is 11.5. The van der Waals surface area contributed by atoms with Crippen LogP contribution >= 0.6 is 0 Å². The fourth-order valence-corrected chi connectivity index (χ4v) is 3.74. The molecule has 0 spiro atoms. The van der Waals surface area contributed by atoms with E-state index < -0.39 is 11.6 Å². The molecule has 0 unspecified atom stereocenters. The first-order valence-corrected chi connectivity index (χ1v) is 9.27. The number of carbonyl (C=O) groups is 1. The number of nitrogen functional groups attached to an aromatic ring is 1. The Morgan fingerprint density at radius 1 is 1.07 bits per heavy atom. The average Bonchev–Trinajstić information content (AvgIpc) is 2.72. The Bertz CT molecular complexity index is 1030. The average molecular weight is 382 g/mol. The Morgan fingerprint density at radius 3 is 2.61 bits per heavy atom. The van der Waals surface area contributed by atoms with Crippen molar-refractivity contribution >= 4 is 22.5 Å². The van der Waals surface area contributed by atoms with Crippen LogP contribution < -0.4 is 5.73 Å². The number of hydrogen-bond acceptors (Lipinski definition) is 4. The quantitative estimate of drug-likeness (QED) is 0.752. The third kappa shape index (κ3) is 3.40. The van der Waals surface area contributed by atoms with Gasteiger partial charge in [0.25, 0.3) is 5.91 Å². The molecule has 144 valence electrons. The summed E-state index contributed by atoms with van der Waals surface area (Å²) in [5.74, 6) is -1.65. The number of likely N-dealkylation sites (tertiary alicyclic amines) is 1. The molecule has 1 aliphatic heterocycles. The van der Waals surface area contributed by atoms with Gasteiger partial charge < -0.3 is 10.6 Å². The molecule has 1 amide bonds. The van der Waals surface area contributed by atoms with Crippen LogP contribution in [0.3, 0.4) is 0 Å². The molecule has 0 aliphatic carbocycles. The van der Waals surface area contributed by atoms with Crippen LogP contribution in [0.4, 0.5) is 14.5 Å². The normalized spacial score (nSPS) is 15.1. The summed E-state index contributed by atoms with van der Waals surface area (Å²) in [6.45, 7) is 1.04. The van der Waals surface area contributed by atoms with Crippen LogP contribution in [0.5, 0.6) is 0 Å². The van der Waals surface area contributed by atoms with E-state index in [1.165, 1.54) is 6.07 Å². The van der Waals surface area contributed by atoms with Crippen molar-refractivity contribution in [2.75, 3.05) is 18.8 Å². The first-order valence-electron chi connectivity index (χ1n) is 9.27. The molecule has 5 nitrogen and oxygen atoms in total. The zero-order chi connectivity index (χ0) is 19.7. The van der Waals surface area contributed by atoms with E-state index in [2.05, 4.69) is 10.2 Å². The highest BCUT2D eigenvalue weighted by Crippen LogP contribution is 2.27. The van der Waals surface area contributed by atoms with Crippen LogP contribution in [0.2, 0.25) is 0 Å². The molecular weight excluding hydrogens is 362 g/mol. The third-order valence-corrected chi connectivity index (χ3v) is 5.35. The maximum absolute atomic E-state index is 13.9. The van der Waals surface area contributed by atoms with E-state index in [4.69, 9.17) is 5.73 Å². The van der Waals surface area contributed by atoms with Crippen molar-refractivity contribution < 1.29 is 13.6 Å². The van der Waals surface area contributed by atoms with Gasteiger partial charge in [-0.1, -0.05) is 30.3 Å². The summed E-state index contributed by atoms with van der Waals surface area (Å²) in [7, 11) is 0. The van der Waals surface area contributed by atoms with Crippen LogP contribution in [-0.4, -0.2) is 34.1 Å². The summed E-state index contributed by atoms with van der Waals surface area (Å²) < 4.78 is 27.3. The number of rotatable bonds is 3. The number of amides is 1. The molecule has 1 aliphatic rings. The molecule has 0 bridgehead atoms. The minimum absolute atomic E-state index is 0.160. The number of nitrogens with zero attached hydrogens (tertiary/aromatic N) is 3. The van der Waals surface area contributed by atoms with Crippen LogP contribution in [0.25, 0.3) is 10.9 Å². The number of benzene rings is 2. The van der Waals surface area contributed by atoms with Gasteiger partial charge >= 0.3 is 0 Å². The molecule has 2 aromatic carbocycles. The first kappa shape index (κ1) is 18.3. The predicted octanol–water partition coefficient (Wildman–Crippen LogP) is 3.59. The van der Waals surface area contributed by atoms with E-state index in [9.17, 15) is 13.6 Å². The van der Waals surface area contributed by atoms with E-state index in [0.29, 0.717) is 54.5 Å². The van der Waals surface area contributed by atoms with Crippen LogP contribution in [0, 0.1) is 17.6 Å². The molecule has 28 heavy (non-hydrogen) atoms. The van der Waals surface area contributed by atoms with Crippen LogP contribution in [-0.2, 0) is 6.42 Å². The van der Waals surface area contributed by atoms with Gasteiger partial charge in [-0.3, -0.25) is 4.79 Å². The Hall–Kier alpha value is -3.09. The zero-order valence-electron chi connectivity index (χ0n) is 15.2. The Labute approximate surface area is 161 Å². The summed E-state index contributed by atoms with van der Waals surface area (Å²) >= 11 is 0. The maximum atomic E-state index is 13.9. The van der Waals surface area contributed by atoms with E-state index >= 15 is 0 Å². The van der Waals surface area contributed by atoms with Gasteiger partial charge in [-0.2, -0.15) is 0 Å². The standard InChI is InChI=1S/C21H20F2N4O/c22-16-6-3-4-14(18(16)23)12-13-8-10-27(11-9-13)21(28)20-19(24)15-5-1-2-7-17(15)25-26-20/h1-7,13H,8-12H2,(H2,24,25). The van der Waals surface area contributed by atoms with Gasteiger partial charge in [0.05, 0.1) is 11.2 Å². The predicted molar refractivity (Wildman–Crippen MR) is 103 cm³/mol. The fraction of sp³-hybridized carbons (Fsp3) is 0.286. The lowest BCUT2D eigenvalue weighted by Crippen LogP contribution is -2.39. The second kappa shape index (κ2) is 7.50. The number of aromatic nitrogens is 2. The minimum atomic E-state index is -0.824. The number of piperidine rings is 1. The van der Waals surface area contributed by atoms with E-state index in [-0.39, 0.29) is 17.5 Å². The van der Waals surface area contributed by atoms with Crippen molar-refractivity contribution in [2.24, 2.45) is 5.92 Å².